The molecule has 0 atom stereocenters. The lowest BCUT2D eigenvalue weighted by atomic mass is 10.6. The Balaban J connectivity index is 2.34. The number of hydrogen-bond acceptors (Lipinski definition) is 5. The van der Waals surface area contributed by atoms with Crippen LogP contribution in [0.1, 0.15) is 6.92 Å². The van der Waals surface area contributed by atoms with Gasteiger partial charge >= 0.3 is 0 Å². The maximum Gasteiger partial charge on any atom is 0.226 e. The normalized spacial score (nSPS) is 9.86. The van der Waals surface area contributed by atoms with Gasteiger partial charge in [-0.25, -0.2) is 4.98 Å². The first-order valence-corrected chi connectivity index (χ1v) is 4.55. The zero-order valence-corrected chi connectivity index (χ0v) is 8.49. The van der Waals surface area contributed by atoms with E-state index >= 15 is 0 Å². The average molecular weight is 197 g/mol. The van der Waals surface area contributed by atoms with Crippen molar-refractivity contribution < 1.29 is 9.47 Å². The monoisotopic (exact) mass is 197 g/mol. The van der Waals surface area contributed by atoms with E-state index in [-0.39, 0.29) is 0 Å². The second-order valence-electron chi connectivity index (χ2n) is 2.55. The maximum atomic E-state index is 5.16. The van der Waals surface area contributed by atoms with E-state index in [4.69, 9.17) is 9.47 Å². The summed E-state index contributed by atoms with van der Waals surface area (Å²) in [5.74, 6) is 1.11. The van der Waals surface area contributed by atoms with Gasteiger partial charge in [0, 0.05) is 25.4 Å². The lowest BCUT2D eigenvalue weighted by molar-refractivity contribution is 0.158. The molecule has 0 aliphatic heterocycles. The largest absolute Gasteiger partial charge is 0.481 e. The van der Waals surface area contributed by atoms with Gasteiger partial charge in [-0.05, 0) is 6.92 Å². The summed E-state index contributed by atoms with van der Waals surface area (Å²) in [5, 5.41) is 3.03. The average Bonchev–Trinajstić information content (AvgIpc) is 2.25. The molecule has 0 spiro atoms. The second-order valence-corrected chi connectivity index (χ2v) is 2.55. The SMILES string of the molecule is CCOCCNc1nccc(OC)n1. The third kappa shape index (κ3) is 3.57. The van der Waals surface area contributed by atoms with Crippen molar-refractivity contribution in [1.82, 2.24) is 9.97 Å². The number of nitrogens with one attached hydrogen (secondary N) is 1. The maximum absolute atomic E-state index is 5.16. The quantitative estimate of drug-likeness (QED) is 0.688. The predicted molar refractivity (Wildman–Crippen MR) is 53.6 cm³/mol. The van der Waals surface area contributed by atoms with Crippen LogP contribution >= 0.6 is 0 Å². The van der Waals surface area contributed by atoms with E-state index in [9.17, 15) is 0 Å². The molecule has 1 N–H and O–H groups in total. The summed E-state index contributed by atoms with van der Waals surface area (Å²) in [5.41, 5.74) is 0. The first-order chi connectivity index (χ1) is 6.86. The van der Waals surface area contributed by atoms with Crippen LogP contribution in [-0.2, 0) is 4.74 Å². The highest BCUT2D eigenvalue weighted by molar-refractivity contribution is 5.26. The Morgan fingerprint density at radius 2 is 2.36 bits per heavy atom. The highest BCUT2D eigenvalue weighted by Gasteiger charge is 1.96. The fourth-order valence-corrected chi connectivity index (χ4v) is 0.920. The Kier molecular flexibility index (Phi) is 4.71. The van der Waals surface area contributed by atoms with Crippen LogP contribution in [0.2, 0.25) is 0 Å². The molecule has 0 bridgehead atoms. The molecule has 1 rings (SSSR count). The standard InChI is InChI=1S/C9H15N3O2/c1-3-14-7-6-11-9-10-5-4-8(12-9)13-2/h4-5H,3,6-7H2,1-2H3,(H,10,11,12). The Bertz CT molecular complexity index is 268. The molecule has 0 aliphatic carbocycles. The lowest BCUT2D eigenvalue weighted by Gasteiger charge is -2.05. The Morgan fingerprint density at radius 3 is 3.07 bits per heavy atom. The van der Waals surface area contributed by atoms with Gasteiger partial charge in [0.2, 0.25) is 11.8 Å². The molecule has 5 nitrogen and oxygen atoms in total. The lowest BCUT2D eigenvalue weighted by Crippen LogP contribution is -2.11. The van der Waals surface area contributed by atoms with E-state index < -0.39 is 0 Å². The van der Waals surface area contributed by atoms with Gasteiger partial charge in [-0.1, -0.05) is 0 Å². The van der Waals surface area contributed by atoms with Crippen LogP contribution in [-0.4, -0.2) is 36.8 Å². The van der Waals surface area contributed by atoms with Crippen LogP contribution in [0.3, 0.4) is 0 Å². The van der Waals surface area contributed by atoms with E-state index in [0.717, 1.165) is 6.61 Å². The van der Waals surface area contributed by atoms with E-state index in [2.05, 4.69) is 15.3 Å². The third-order valence-corrected chi connectivity index (χ3v) is 1.57. The topological polar surface area (TPSA) is 56.3 Å². The molecule has 0 amide bonds. The predicted octanol–water partition coefficient (Wildman–Crippen LogP) is 0.934. The molecule has 0 aliphatic rings. The van der Waals surface area contributed by atoms with Crippen LogP contribution in [0.4, 0.5) is 5.95 Å². The molecule has 0 unspecified atom stereocenters. The van der Waals surface area contributed by atoms with Crippen molar-refractivity contribution >= 4 is 5.95 Å². The third-order valence-electron chi connectivity index (χ3n) is 1.57. The minimum atomic E-state index is 0.555. The van der Waals surface area contributed by atoms with E-state index in [1.807, 2.05) is 6.92 Å². The first kappa shape index (κ1) is 10.7. The summed E-state index contributed by atoms with van der Waals surface area (Å²) in [6.45, 7) is 4.03. The molecule has 0 saturated heterocycles. The van der Waals surface area contributed by atoms with Crippen LogP contribution in [0.5, 0.6) is 5.88 Å². The van der Waals surface area contributed by atoms with Gasteiger partial charge in [-0.3, -0.25) is 0 Å². The summed E-state index contributed by atoms with van der Waals surface area (Å²) in [6.07, 6.45) is 1.65. The van der Waals surface area contributed by atoms with Crippen molar-refractivity contribution in [2.75, 3.05) is 32.2 Å². The summed E-state index contributed by atoms with van der Waals surface area (Å²) in [4.78, 5) is 8.12. The number of rotatable bonds is 6. The summed E-state index contributed by atoms with van der Waals surface area (Å²) < 4.78 is 10.1. The van der Waals surface area contributed by atoms with Crippen LogP contribution in [0, 0.1) is 0 Å². The number of aromatic nitrogens is 2. The Morgan fingerprint density at radius 1 is 1.50 bits per heavy atom. The van der Waals surface area contributed by atoms with E-state index in [1.165, 1.54) is 0 Å². The summed E-state index contributed by atoms with van der Waals surface area (Å²) >= 11 is 0. The number of anilines is 1. The van der Waals surface area contributed by atoms with Gasteiger partial charge in [0.1, 0.15) is 0 Å². The van der Waals surface area contributed by atoms with Gasteiger partial charge in [0.05, 0.1) is 13.7 Å². The van der Waals surface area contributed by atoms with Gasteiger partial charge in [-0.2, -0.15) is 4.98 Å². The molecule has 5 heteroatoms. The highest BCUT2D eigenvalue weighted by Crippen LogP contribution is 2.06. The van der Waals surface area contributed by atoms with Crippen molar-refractivity contribution in [3.05, 3.63) is 12.3 Å². The van der Waals surface area contributed by atoms with Gasteiger partial charge in [0.25, 0.3) is 0 Å². The molecule has 0 fully saturated rings. The van der Waals surface area contributed by atoms with Gasteiger partial charge in [-0.15, -0.1) is 0 Å². The molecule has 0 saturated carbocycles. The fraction of sp³-hybridized carbons (Fsp3) is 0.556. The molecule has 14 heavy (non-hydrogen) atoms. The molecule has 0 aromatic carbocycles. The molecular weight excluding hydrogens is 182 g/mol. The fourth-order valence-electron chi connectivity index (χ4n) is 0.920. The Labute approximate surface area is 83.5 Å². The van der Waals surface area contributed by atoms with Crippen molar-refractivity contribution in [1.29, 1.82) is 0 Å². The van der Waals surface area contributed by atoms with Crippen molar-refractivity contribution in [3.8, 4) is 5.88 Å². The van der Waals surface area contributed by atoms with Crippen molar-refractivity contribution in [2.45, 2.75) is 6.92 Å². The molecule has 1 heterocycles. The number of ether oxygens (including phenoxy) is 2. The van der Waals surface area contributed by atoms with Crippen LogP contribution in [0.15, 0.2) is 12.3 Å². The van der Waals surface area contributed by atoms with E-state index in [1.54, 1.807) is 19.4 Å². The van der Waals surface area contributed by atoms with Crippen LogP contribution in [0.25, 0.3) is 0 Å². The van der Waals surface area contributed by atoms with Gasteiger partial charge < -0.3 is 14.8 Å². The molecule has 1 aromatic rings. The zero-order valence-electron chi connectivity index (χ0n) is 8.49. The number of nitrogens with zero attached hydrogens (tertiary/aromatic N) is 2. The molecule has 1 aromatic heterocycles. The van der Waals surface area contributed by atoms with Crippen LogP contribution < -0.4 is 10.1 Å². The summed E-state index contributed by atoms with van der Waals surface area (Å²) in [6, 6.07) is 1.70. The molecule has 78 valence electrons. The number of methoxy groups -OCH3 is 1. The number of hydrogen-bond donors (Lipinski definition) is 1. The zero-order chi connectivity index (χ0) is 10.2. The van der Waals surface area contributed by atoms with Gasteiger partial charge in [0.15, 0.2) is 0 Å². The molecular formula is C9H15N3O2. The second kappa shape index (κ2) is 6.15. The van der Waals surface area contributed by atoms with E-state index in [0.29, 0.717) is 25.0 Å². The minimum absolute atomic E-state index is 0.555. The van der Waals surface area contributed by atoms with Crippen molar-refractivity contribution in [2.24, 2.45) is 0 Å². The first-order valence-electron chi connectivity index (χ1n) is 4.55. The Hall–Kier alpha value is -1.36. The molecule has 0 radical (unpaired) electrons. The summed E-state index contributed by atoms with van der Waals surface area (Å²) in [7, 11) is 1.58. The minimum Gasteiger partial charge on any atom is -0.481 e. The smallest absolute Gasteiger partial charge is 0.226 e. The highest BCUT2D eigenvalue weighted by atomic mass is 16.5. The van der Waals surface area contributed by atoms with Crippen molar-refractivity contribution in [3.63, 3.8) is 0 Å².